The summed E-state index contributed by atoms with van der Waals surface area (Å²) in [6, 6.07) is 6.53. The van der Waals surface area contributed by atoms with E-state index in [4.69, 9.17) is 0 Å². The second-order valence-electron chi connectivity index (χ2n) is 6.74. The van der Waals surface area contributed by atoms with Crippen molar-refractivity contribution in [2.75, 3.05) is 13.1 Å². The fraction of sp³-hybridized carbons (Fsp3) is 0.667. The molecule has 4 heteroatoms. The van der Waals surface area contributed by atoms with E-state index >= 15 is 0 Å². The van der Waals surface area contributed by atoms with Crippen LogP contribution in [0, 0.1) is 0 Å². The van der Waals surface area contributed by atoms with Crippen LogP contribution in [0.5, 0.6) is 0 Å². The summed E-state index contributed by atoms with van der Waals surface area (Å²) < 4.78 is 38.7. The molecule has 2 fully saturated rings. The van der Waals surface area contributed by atoms with Gasteiger partial charge in [-0.1, -0.05) is 31.0 Å². The summed E-state index contributed by atoms with van der Waals surface area (Å²) >= 11 is 0. The average Bonchev–Trinajstić information content (AvgIpc) is 2.55. The first-order chi connectivity index (χ1) is 10.5. The largest absolute Gasteiger partial charge is 0.416 e. The first-order valence-electron chi connectivity index (χ1n) is 8.45. The fourth-order valence-corrected chi connectivity index (χ4v) is 4.05. The molecule has 1 aromatic carbocycles. The number of benzene rings is 1. The van der Waals surface area contributed by atoms with Gasteiger partial charge in [-0.25, -0.2) is 0 Å². The normalized spacial score (nSPS) is 27.8. The number of nitrogens with zero attached hydrogens (tertiary/aromatic N) is 1. The monoisotopic (exact) mass is 311 g/mol. The van der Waals surface area contributed by atoms with Crippen LogP contribution in [0.4, 0.5) is 13.2 Å². The molecule has 1 aliphatic carbocycles. The Balaban J connectivity index is 1.71. The number of rotatable bonds is 2. The van der Waals surface area contributed by atoms with Crippen molar-refractivity contribution in [1.82, 2.24) is 4.90 Å². The van der Waals surface area contributed by atoms with Gasteiger partial charge >= 0.3 is 6.18 Å². The topological polar surface area (TPSA) is 3.24 Å². The van der Waals surface area contributed by atoms with Crippen molar-refractivity contribution in [3.63, 3.8) is 0 Å². The first-order valence-corrected chi connectivity index (χ1v) is 8.45. The van der Waals surface area contributed by atoms with Crippen LogP contribution in [0.1, 0.15) is 62.0 Å². The molecule has 0 amide bonds. The van der Waals surface area contributed by atoms with Crippen LogP contribution in [0.25, 0.3) is 0 Å². The molecule has 0 aromatic heterocycles. The van der Waals surface area contributed by atoms with Crippen molar-refractivity contribution in [2.45, 2.75) is 63.1 Å². The van der Waals surface area contributed by atoms with E-state index in [0.717, 1.165) is 24.8 Å². The van der Waals surface area contributed by atoms with Crippen molar-refractivity contribution >= 4 is 0 Å². The number of halogens is 3. The van der Waals surface area contributed by atoms with Gasteiger partial charge in [0.05, 0.1) is 5.56 Å². The van der Waals surface area contributed by atoms with E-state index in [1.165, 1.54) is 50.9 Å². The smallest absolute Gasteiger partial charge is 0.300 e. The Morgan fingerprint density at radius 1 is 0.955 bits per heavy atom. The van der Waals surface area contributed by atoms with Gasteiger partial charge < -0.3 is 4.90 Å². The second kappa shape index (κ2) is 6.61. The van der Waals surface area contributed by atoms with Gasteiger partial charge in [0.25, 0.3) is 0 Å². The van der Waals surface area contributed by atoms with Crippen LogP contribution >= 0.6 is 0 Å². The van der Waals surface area contributed by atoms with E-state index < -0.39 is 11.7 Å². The zero-order valence-electron chi connectivity index (χ0n) is 12.9. The molecule has 2 aliphatic rings. The molecule has 1 heterocycles. The third-order valence-electron chi connectivity index (χ3n) is 5.24. The molecular weight excluding hydrogens is 287 g/mol. The van der Waals surface area contributed by atoms with Gasteiger partial charge in [0.2, 0.25) is 0 Å². The molecule has 2 unspecified atom stereocenters. The van der Waals surface area contributed by atoms with Crippen molar-refractivity contribution in [2.24, 2.45) is 0 Å². The molecule has 122 valence electrons. The summed E-state index contributed by atoms with van der Waals surface area (Å²) in [6.45, 7) is 2.33. The summed E-state index contributed by atoms with van der Waals surface area (Å²) in [5.74, 6) is 0.281. The van der Waals surface area contributed by atoms with Crippen LogP contribution in [-0.4, -0.2) is 24.0 Å². The van der Waals surface area contributed by atoms with Gasteiger partial charge in [-0.05, 0) is 62.7 Å². The molecule has 2 atom stereocenters. The maximum absolute atomic E-state index is 12.9. The Kier molecular flexibility index (Phi) is 4.76. The van der Waals surface area contributed by atoms with E-state index in [1.807, 2.05) is 6.07 Å². The van der Waals surface area contributed by atoms with E-state index in [9.17, 15) is 13.2 Å². The minimum absolute atomic E-state index is 0.281. The highest BCUT2D eigenvalue weighted by molar-refractivity contribution is 5.28. The SMILES string of the molecule is FC(F)(F)c1cccc(C2CCCC(N3CCCCC3)C2)c1. The molecular formula is C18H24F3N. The lowest BCUT2D eigenvalue weighted by Crippen LogP contribution is -2.41. The molecule has 1 saturated heterocycles. The molecule has 0 spiro atoms. The summed E-state index contributed by atoms with van der Waals surface area (Å²) in [5.41, 5.74) is 0.363. The minimum atomic E-state index is -4.24. The lowest BCUT2D eigenvalue weighted by Gasteiger charge is -2.39. The Hall–Kier alpha value is -1.03. The maximum atomic E-state index is 12.9. The Bertz CT molecular complexity index is 491. The summed E-state index contributed by atoms with van der Waals surface area (Å²) in [5, 5.41) is 0. The van der Waals surface area contributed by atoms with Gasteiger partial charge in [-0.2, -0.15) is 13.2 Å². The minimum Gasteiger partial charge on any atom is -0.300 e. The highest BCUT2D eigenvalue weighted by Gasteiger charge is 2.32. The molecule has 0 bridgehead atoms. The van der Waals surface area contributed by atoms with Gasteiger partial charge in [0.1, 0.15) is 0 Å². The highest BCUT2D eigenvalue weighted by atomic mass is 19.4. The van der Waals surface area contributed by atoms with E-state index in [1.54, 1.807) is 6.07 Å². The first kappa shape index (κ1) is 15.9. The molecule has 0 N–H and O–H groups in total. The zero-order valence-corrected chi connectivity index (χ0v) is 12.9. The lowest BCUT2D eigenvalue weighted by atomic mass is 9.80. The van der Waals surface area contributed by atoms with Crippen LogP contribution < -0.4 is 0 Å². The molecule has 1 aliphatic heterocycles. The van der Waals surface area contributed by atoms with Crippen LogP contribution in [0.3, 0.4) is 0 Å². The molecule has 22 heavy (non-hydrogen) atoms. The van der Waals surface area contributed by atoms with Crippen LogP contribution in [-0.2, 0) is 6.18 Å². The van der Waals surface area contributed by atoms with Gasteiger partial charge in [-0.3, -0.25) is 0 Å². The Morgan fingerprint density at radius 2 is 1.73 bits per heavy atom. The third-order valence-corrected chi connectivity index (χ3v) is 5.24. The zero-order chi connectivity index (χ0) is 15.6. The summed E-state index contributed by atoms with van der Waals surface area (Å²) in [6.07, 6.45) is 3.98. The number of alkyl halides is 3. The Labute approximate surface area is 130 Å². The number of hydrogen-bond donors (Lipinski definition) is 0. The average molecular weight is 311 g/mol. The van der Waals surface area contributed by atoms with Crippen molar-refractivity contribution in [3.05, 3.63) is 35.4 Å². The van der Waals surface area contributed by atoms with Crippen LogP contribution in [0.2, 0.25) is 0 Å². The number of hydrogen-bond acceptors (Lipinski definition) is 1. The van der Waals surface area contributed by atoms with Crippen LogP contribution in [0.15, 0.2) is 24.3 Å². The maximum Gasteiger partial charge on any atom is 0.416 e. The Morgan fingerprint density at radius 3 is 2.45 bits per heavy atom. The van der Waals surface area contributed by atoms with Gasteiger partial charge in [0, 0.05) is 6.04 Å². The fourth-order valence-electron chi connectivity index (χ4n) is 4.05. The second-order valence-corrected chi connectivity index (χ2v) is 6.74. The van der Waals surface area contributed by atoms with E-state index in [-0.39, 0.29) is 5.92 Å². The lowest BCUT2D eigenvalue weighted by molar-refractivity contribution is -0.137. The molecule has 1 aromatic rings. The summed E-state index contributed by atoms with van der Waals surface area (Å²) in [4.78, 5) is 2.57. The molecule has 0 radical (unpaired) electrons. The highest BCUT2D eigenvalue weighted by Crippen LogP contribution is 2.38. The molecule has 1 nitrogen and oxygen atoms in total. The van der Waals surface area contributed by atoms with Crippen molar-refractivity contribution in [3.8, 4) is 0 Å². The quantitative estimate of drug-likeness (QED) is 0.724. The third kappa shape index (κ3) is 3.65. The van der Waals surface area contributed by atoms with Gasteiger partial charge in [0.15, 0.2) is 0 Å². The number of piperidine rings is 1. The van der Waals surface area contributed by atoms with E-state index in [2.05, 4.69) is 4.90 Å². The predicted octanol–water partition coefficient (Wildman–Crippen LogP) is 5.22. The van der Waals surface area contributed by atoms with Gasteiger partial charge in [-0.15, -0.1) is 0 Å². The van der Waals surface area contributed by atoms with E-state index in [0.29, 0.717) is 6.04 Å². The molecule has 3 rings (SSSR count). The van der Waals surface area contributed by atoms with Crippen molar-refractivity contribution < 1.29 is 13.2 Å². The van der Waals surface area contributed by atoms with Crippen molar-refractivity contribution in [1.29, 1.82) is 0 Å². The summed E-state index contributed by atoms with van der Waals surface area (Å²) in [7, 11) is 0. The predicted molar refractivity (Wildman–Crippen MR) is 81.9 cm³/mol. The number of likely N-dealkylation sites (tertiary alicyclic amines) is 1. The molecule has 1 saturated carbocycles. The standard InChI is InChI=1S/C18H24F3N/c19-18(20,21)16-8-4-6-14(12-16)15-7-5-9-17(13-15)22-10-2-1-3-11-22/h4,6,8,12,15,17H,1-3,5,7,9-11,13H2.